The van der Waals surface area contributed by atoms with Crippen LogP contribution in [0.5, 0.6) is 0 Å². The number of nitrogens with zero attached hydrogens (tertiary/aromatic N) is 1. The van der Waals surface area contributed by atoms with Crippen LogP contribution < -0.4 is 29.7 Å². The van der Waals surface area contributed by atoms with E-state index in [0.29, 0.717) is 0 Å². The van der Waals surface area contributed by atoms with E-state index in [1.807, 2.05) is 72.4 Å². The molecule has 0 atom stereocenters. The van der Waals surface area contributed by atoms with Crippen LogP contribution in [-0.4, -0.2) is 48.6 Å². The molecule has 1 heterocycles. The molecular weight excluding hydrogens is 455 g/mol. The van der Waals surface area contributed by atoms with Gasteiger partial charge in [-0.25, -0.2) is 0 Å². The molecule has 1 aliphatic heterocycles. The van der Waals surface area contributed by atoms with Gasteiger partial charge >= 0.3 is 0 Å². The highest BCUT2D eigenvalue weighted by molar-refractivity contribution is 7.99. The summed E-state index contributed by atoms with van der Waals surface area (Å²) in [7, 11) is 2.31. The third-order valence-electron chi connectivity index (χ3n) is 5.53. The lowest BCUT2D eigenvalue weighted by Crippen LogP contribution is -3.00. The maximum Gasteiger partial charge on any atom is 0.232 e. The van der Waals surface area contributed by atoms with E-state index in [0.717, 1.165) is 41.7 Å². The fourth-order valence-corrected chi connectivity index (χ4v) is 5.10. The van der Waals surface area contributed by atoms with Gasteiger partial charge < -0.3 is 34.2 Å². The Hall–Kier alpha value is -1.05. The van der Waals surface area contributed by atoms with E-state index in [9.17, 15) is 4.79 Å². The molecule has 2 aromatic carbocycles. The Morgan fingerprint density at radius 3 is 1.88 bits per heavy atom. The van der Waals surface area contributed by atoms with Crippen molar-refractivity contribution in [2.45, 2.75) is 11.8 Å². The highest BCUT2D eigenvalue weighted by Gasteiger charge is 2.42. The standard InChI is InChI=1S/C21H26N2OS.HI/c1-23(14-16-25-17-15-23)13-12-21(20(22)24,18-8-4-2-5-9-18)19-10-6-3-7-11-19;/h2-11H,12-17H2,1H3,(H-,22,24);1H. The largest absolute Gasteiger partial charge is 1.00 e. The zero-order valence-electron chi connectivity index (χ0n) is 15.2. The number of hydrogen-bond acceptors (Lipinski definition) is 2. The molecule has 1 aliphatic rings. The molecule has 1 amide bonds. The number of rotatable bonds is 6. The SMILES string of the molecule is C[N+]1(CCC(C(N)=O)(c2ccccc2)c2ccccc2)CCSCC1.[I-]. The first-order valence-electron chi connectivity index (χ1n) is 8.89. The van der Waals surface area contributed by atoms with Crippen molar-refractivity contribution in [3.8, 4) is 0 Å². The van der Waals surface area contributed by atoms with Crippen LogP contribution in [0.25, 0.3) is 0 Å². The average molecular weight is 482 g/mol. The minimum absolute atomic E-state index is 0. The van der Waals surface area contributed by atoms with Crippen molar-refractivity contribution in [2.24, 2.45) is 5.73 Å². The molecule has 0 spiro atoms. The Bertz CT molecular complexity index is 663. The lowest BCUT2D eigenvalue weighted by atomic mass is 9.71. The second-order valence-electron chi connectivity index (χ2n) is 7.15. The highest BCUT2D eigenvalue weighted by atomic mass is 127. The normalized spacial score (nSPS) is 16.5. The summed E-state index contributed by atoms with van der Waals surface area (Å²) >= 11 is 2.02. The molecule has 0 unspecified atom stereocenters. The van der Waals surface area contributed by atoms with Crippen molar-refractivity contribution < 1.29 is 33.3 Å². The molecular formula is C21H27IN2OS. The molecule has 0 saturated carbocycles. The number of benzene rings is 2. The number of primary amides is 1. The molecule has 0 radical (unpaired) electrons. The summed E-state index contributed by atoms with van der Waals surface area (Å²) < 4.78 is 1.02. The predicted octanol–water partition coefficient (Wildman–Crippen LogP) is 0.0455. The molecule has 0 aromatic heterocycles. The van der Waals surface area contributed by atoms with E-state index in [4.69, 9.17) is 5.73 Å². The maximum absolute atomic E-state index is 12.8. The highest BCUT2D eigenvalue weighted by Crippen LogP contribution is 2.36. The summed E-state index contributed by atoms with van der Waals surface area (Å²) in [4.78, 5) is 12.8. The van der Waals surface area contributed by atoms with Crippen molar-refractivity contribution in [2.75, 3.05) is 38.2 Å². The Balaban J connectivity index is 0.00000243. The maximum atomic E-state index is 12.8. The molecule has 1 saturated heterocycles. The number of amides is 1. The van der Waals surface area contributed by atoms with E-state index < -0.39 is 5.41 Å². The summed E-state index contributed by atoms with van der Waals surface area (Å²) in [5.41, 5.74) is 7.26. The third-order valence-corrected chi connectivity index (χ3v) is 6.47. The topological polar surface area (TPSA) is 43.1 Å². The van der Waals surface area contributed by atoms with Gasteiger partial charge in [-0.05, 0) is 11.1 Å². The van der Waals surface area contributed by atoms with Crippen LogP contribution in [0.4, 0.5) is 0 Å². The number of thioether (sulfide) groups is 1. The first-order chi connectivity index (χ1) is 12.1. The van der Waals surface area contributed by atoms with Crippen LogP contribution in [0.1, 0.15) is 17.5 Å². The second kappa shape index (κ2) is 9.24. The minimum Gasteiger partial charge on any atom is -1.00 e. The fraction of sp³-hybridized carbons (Fsp3) is 0.381. The number of carbonyl (C=O) groups is 1. The van der Waals surface area contributed by atoms with Crippen LogP contribution in [0.3, 0.4) is 0 Å². The number of quaternary nitrogens is 1. The molecule has 3 rings (SSSR count). The van der Waals surface area contributed by atoms with Crippen molar-refractivity contribution in [1.29, 1.82) is 0 Å². The Morgan fingerprint density at radius 2 is 1.46 bits per heavy atom. The summed E-state index contributed by atoms with van der Waals surface area (Å²) in [5.74, 6) is 2.12. The molecule has 5 heteroatoms. The Labute approximate surface area is 178 Å². The zero-order valence-corrected chi connectivity index (χ0v) is 18.2. The predicted molar refractivity (Wildman–Crippen MR) is 106 cm³/mol. The van der Waals surface area contributed by atoms with E-state index in [-0.39, 0.29) is 29.9 Å². The summed E-state index contributed by atoms with van der Waals surface area (Å²) in [6.45, 7) is 3.26. The van der Waals surface area contributed by atoms with Crippen LogP contribution in [0.2, 0.25) is 0 Å². The molecule has 140 valence electrons. The van der Waals surface area contributed by atoms with Gasteiger partial charge in [-0.3, -0.25) is 4.79 Å². The van der Waals surface area contributed by atoms with Gasteiger partial charge in [-0.15, -0.1) is 0 Å². The van der Waals surface area contributed by atoms with Gasteiger partial charge in [0.1, 0.15) is 5.41 Å². The van der Waals surface area contributed by atoms with Gasteiger partial charge in [0.25, 0.3) is 0 Å². The molecule has 2 N–H and O–H groups in total. The van der Waals surface area contributed by atoms with Crippen LogP contribution in [-0.2, 0) is 10.2 Å². The first kappa shape index (κ1) is 21.3. The molecule has 3 nitrogen and oxygen atoms in total. The molecule has 26 heavy (non-hydrogen) atoms. The van der Waals surface area contributed by atoms with Crippen molar-refractivity contribution in [3.63, 3.8) is 0 Å². The van der Waals surface area contributed by atoms with Gasteiger partial charge in [0.2, 0.25) is 5.91 Å². The number of nitrogens with two attached hydrogens (primary N) is 1. The summed E-state index contributed by atoms with van der Waals surface area (Å²) in [5, 5.41) is 0. The summed E-state index contributed by atoms with van der Waals surface area (Å²) in [6, 6.07) is 20.0. The molecule has 0 aliphatic carbocycles. The van der Waals surface area contributed by atoms with Crippen molar-refractivity contribution in [3.05, 3.63) is 71.8 Å². The number of halogens is 1. The van der Waals surface area contributed by atoms with Crippen molar-refractivity contribution >= 4 is 17.7 Å². The van der Waals surface area contributed by atoms with Gasteiger partial charge in [-0.2, -0.15) is 11.8 Å². The van der Waals surface area contributed by atoms with Crippen LogP contribution in [0.15, 0.2) is 60.7 Å². The fourth-order valence-electron chi connectivity index (χ4n) is 3.75. The lowest BCUT2D eigenvalue weighted by molar-refractivity contribution is -0.906. The smallest absolute Gasteiger partial charge is 0.232 e. The molecule has 1 fully saturated rings. The Kier molecular flexibility index (Phi) is 7.55. The first-order valence-corrected chi connectivity index (χ1v) is 10.0. The minimum atomic E-state index is -0.769. The van der Waals surface area contributed by atoms with E-state index in [1.165, 1.54) is 11.5 Å². The van der Waals surface area contributed by atoms with Crippen LogP contribution >= 0.6 is 11.8 Å². The van der Waals surface area contributed by atoms with Gasteiger partial charge in [0.15, 0.2) is 0 Å². The van der Waals surface area contributed by atoms with Gasteiger partial charge in [0.05, 0.1) is 26.7 Å². The van der Waals surface area contributed by atoms with E-state index >= 15 is 0 Å². The lowest BCUT2D eigenvalue weighted by Gasteiger charge is -2.41. The van der Waals surface area contributed by atoms with E-state index in [1.54, 1.807) is 0 Å². The monoisotopic (exact) mass is 482 g/mol. The average Bonchev–Trinajstić information content (AvgIpc) is 2.64. The van der Waals surface area contributed by atoms with Gasteiger partial charge in [-0.1, -0.05) is 60.7 Å². The van der Waals surface area contributed by atoms with E-state index in [2.05, 4.69) is 7.05 Å². The quantitative estimate of drug-likeness (QED) is 0.467. The molecule has 2 aromatic rings. The van der Waals surface area contributed by atoms with Crippen LogP contribution in [0, 0.1) is 0 Å². The van der Waals surface area contributed by atoms with Crippen molar-refractivity contribution in [1.82, 2.24) is 0 Å². The Morgan fingerprint density at radius 1 is 1.00 bits per heavy atom. The zero-order chi connectivity index (χ0) is 17.8. The number of hydrogen-bond donors (Lipinski definition) is 1. The number of carbonyl (C=O) groups excluding carboxylic acids is 1. The third kappa shape index (κ3) is 4.43. The second-order valence-corrected chi connectivity index (χ2v) is 8.38. The molecule has 0 bridgehead atoms. The van der Waals surface area contributed by atoms with Gasteiger partial charge in [0, 0.05) is 17.9 Å². The summed E-state index contributed by atoms with van der Waals surface area (Å²) in [6.07, 6.45) is 0.734.